The molecule has 55 heavy (non-hydrogen) atoms. The fraction of sp³-hybridized carbons (Fsp3) is 0.897. The molecule has 0 aliphatic rings. The number of hydrogen-bond donors (Lipinski definition) is 4. The normalized spacial score (nSPS) is 15.6. The summed E-state index contributed by atoms with van der Waals surface area (Å²) in [5, 5.41) is 12.2. The van der Waals surface area contributed by atoms with Gasteiger partial charge in [-0.15, -0.1) is 0 Å². The molecule has 3 atom stereocenters. The van der Waals surface area contributed by atoms with Gasteiger partial charge in [-0.25, -0.2) is 8.42 Å². The number of rotatable bonds is 31. The van der Waals surface area contributed by atoms with Crippen molar-refractivity contribution in [3.8, 4) is 0 Å². The lowest BCUT2D eigenvalue weighted by Crippen LogP contribution is -2.53. The zero-order chi connectivity index (χ0) is 42.5. The molecular weight excluding hydrogens is 790 g/mol. The maximum Gasteiger partial charge on any atom is 0.236 e. The molecule has 0 heterocycles. The molecule has 16 heteroatoms. The molecule has 0 aromatic heterocycles. The third kappa shape index (κ3) is 22.6. The second kappa shape index (κ2) is 25.5. The number of carbonyl (C=O) groups is 4. The first-order valence-electron chi connectivity index (χ1n) is 19.8. The Morgan fingerprint density at radius 2 is 0.945 bits per heavy atom. The Labute approximate surface area is 342 Å². The van der Waals surface area contributed by atoms with Gasteiger partial charge in [-0.3, -0.25) is 19.2 Å². The van der Waals surface area contributed by atoms with Crippen molar-refractivity contribution in [3.63, 3.8) is 0 Å². The lowest BCUT2D eigenvalue weighted by atomic mass is 9.63. The Hall–Kier alpha value is -1.85. The molecule has 0 fully saturated rings. The second-order valence-electron chi connectivity index (χ2n) is 17.4. The number of amides is 4. The predicted molar refractivity (Wildman–Crippen MR) is 227 cm³/mol. The summed E-state index contributed by atoms with van der Waals surface area (Å²) in [6.45, 7) is 13.3. The van der Waals surface area contributed by atoms with Crippen LogP contribution in [0.4, 0.5) is 0 Å². The average Bonchev–Trinajstić information content (AvgIpc) is 3.06. The SMILES string of the molecule is COCCS(=O)(=O)CCCCCNC(=O)C(C)(C)CC(C)(CC(C)(CC(C)(Br)C(=O)NCCCN(C)C)C(=O)NCCCN(C)C)C(=O)NCCCN(C)C. The number of alkyl halides is 1. The highest BCUT2D eigenvalue weighted by Gasteiger charge is 2.51. The zero-order valence-electron chi connectivity index (χ0n) is 36.4. The summed E-state index contributed by atoms with van der Waals surface area (Å²) in [6.07, 6.45) is 4.30. The molecule has 3 unspecified atom stereocenters. The van der Waals surface area contributed by atoms with Crippen LogP contribution < -0.4 is 21.3 Å². The van der Waals surface area contributed by atoms with Crippen molar-refractivity contribution in [1.82, 2.24) is 36.0 Å². The number of halogens is 1. The summed E-state index contributed by atoms with van der Waals surface area (Å²) >= 11 is 3.68. The Kier molecular flexibility index (Phi) is 24.6. The molecule has 0 aromatic carbocycles. The van der Waals surface area contributed by atoms with Crippen LogP contribution in [-0.2, 0) is 33.8 Å². The number of ether oxygens (including phenoxy) is 1. The lowest BCUT2D eigenvalue weighted by Gasteiger charge is -2.43. The molecule has 0 spiro atoms. The van der Waals surface area contributed by atoms with Gasteiger partial charge < -0.3 is 40.7 Å². The fourth-order valence-electron chi connectivity index (χ4n) is 6.96. The third-order valence-corrected chi connectivity index (χ3v) is 12.1. The predicted octanol–water partition coefficient (Wildman–Crippen LogP) is 2.90. The van der Waals surface area contributed by atoms with Crippen molar-refractivity contribution in [2.24, 2.45) is 16.2 Å². The van der Waals surface area contributed by atoms with E-state index in [1.165, 1.54) is 7.11 Å². The van der Waals surface area contributed by atoms with Gasteiger partial charge in [0.25, 0.3) is 0 Å². The van der Waals surface area contributed by atoms with E-state index in [1.54, 1.807) is 20.8 Å². The van der Waals surface area contributed by atoms with Crippen LogP contribution in [0.3, 0.4) is 0 Å². The molecular formula is C39H78BrN7O7S. The van der Waals surface area contributed by atoms with E-state index in [9.17, 15) is 27.6 Å². The van der Waals surface area contributed by atoms with Crippen molar-refractivity contribution in [2.45, 2.75) is 96.7 Å². The first-order chi connectivity index (χ1) is 25.3. The Bertz CT molecular complexity index is 1280. The van der Waals surface area contributed by atoms with Gasteiger partial charge in [0.2, 0.25) is 23.6 Å². The largest absolute Gasteiger partial charge is 0.384 e. The zero-order valence-corrected chi connectivity index (χ0v) is 38.8. The molecule has 0 saturated heterocycles. The molecule has 14 nitrogen and oxygen atoms in total. The third-order valence-electron chi connectivity index (χ3n) is 9.74. The van der Waals surface area contributed by atoms with E-state index in [-0.39, 0.29) is 61.0 Å². The van der Waals surface area contributed by atoms with Crippen LogP contribution in [0.1, 0.15) is 92.4 Å². The number of carbonyl (C=O) groups excluding carboxylic acids is 4. The van der Waals surface area contributed by atoms with E-state index in [2.05, 4.69) is 37.2 Å². The van der Waals surface area contributed by atoms with Crippen LogP contribution in [0, 0.1) is 16.2 Å². The standard InChI is InChI=1S/C39H78BrN7O7S/c1-36(2,32(48)41-19-14-13-15-27-55(52,53)28-26-54-12)29-37(3,33(49)42-20-16-23-45(6)7)30-38(4,34(50)43-21-17-24-46(8)9)31-39(5,40)35(51)44-22-18-25-47(10)11/h13-31H2,1-12H3,(H,41,48)(H,42,49)(H,43,50)(H,44,51). The van der Waals surface area contributed by atoms with Gasteiger partial charge in [0.15, 0.2) is 9.84 Å². The highest BCUT2D eigenvalue weighted by molar-refractivity contribution is 9.10. The topological polar surface area (TPSA) is 169 Å². The molecule has 0 saturated carbocycles. The van der Waals surface area contributed by atoms with Crippen LogP contribution in [0.25, 0.3) is 0 Å². The number of nitrogens with one attached hydrogen (secondary N) is 4. The Morgan fingerprint density at radius 3 is 1.38 bits per heavy atom. The first-order valence-corrected chi connectivity index (χ1v) is 22.4. The minimum atomic E-state index is -3.18. The fourth-order valence-corrected chi connectivity index (χ4v) is 8.98. The maximum atomic E-state index is 14.3. The Morgan fingerprint density at radius 1 is 0.545 bits per heavy atom. The number of nitrogens with zero attached hydrogens (tertiary/aromatic N) is 3. The minimum absolute atomic E-state index is 0.00723. The molecule has 4 amide bonds. The highest BCUT2D eigenvalue weighted by atomic mass is 79.9. The van der Waals surface area contributed by atoms with Crippen LogP contribution in [0.2, 0.25) is 0 Å². The van der Waals surface area contributed by atoms with Crippen molar-refractivity contribution in [2.75, 3.05) is 113 Å². The smallest absolute Gasteiger partial charge is 0.236 e. The van der Waals surface area contributed by atoms with Crippen LogP contribution >= 0.6 is 15.9 Å². The monoisotopic (exact) mass is 867 g/mol. The summed E-state index contributed by atoms with van der Waals surface area (Å²) in [4.78, 5) is 62.0. The van der Waals surface area contributed by atoms with Gasteiger partial charge >= 0.3 is 0 Å². The molecule has 0 bridgehead atoms. The average molecular weight is 869 g/mol. The number of methoxy groups -OCH3 is 1. The Balaban J connectivity index is 6.33. The van der Waals surface area contributed by atoms with Crippen molar-refractivity contribution >= 4 is 49.4 Å². The van der Waals surface area contributed by atoms with E-state index >= 15 is 0 Å². The molecule has 324 valence electrons. The van der Waals surface area contributed by atoms with Gasteiger partial charge in [-0.2, -0.15) is 0 Å². The van der Waals surface area contributed by atoms with Crippen molar-refractivity contribution < 1.29 is 32.3 Å². The quantitative estimate of drug-likeness (QED) is 0.0601. The van der Waals surface area contributed by atoms with Gasteiger partial charge in [-0.05, 0) is 120 Å². The van der Waals surface area contributed by atoms with Crippen LogP contribution in [0.15, 0.2) is 0 Å². The molecule has 0 radical (unpaired) electrons. The molecule has 4 N–H and O–H groups in total. The summed E-state index contributed by atoms with van der Waals surface area (Å²) < 4.78 is 28.0. The highest BCUT2D eigenvalue weighted by Crippen LogP contribution is 2.47. The molecule has 0 aliphatic heterocycles. The summed E-state index contributed by atoms with van der Waals surface area (Å²) in [6, 6.07) is 0. The van der Waals surface area contributed by atoms with E-state index in [1.807, 2.05) is 70.8 Å². The lowest BCUT2D eigenvalue weighted by molar-refractivity contribution is -0.142. The van der Waals surface area contributed by atoms with E-state index in [4.69, 9.17) is 4.74 Å². The second-order valence-corrected chi connectivity index (χ2v) is 21.5. The van der Waals surface area contributed by atoms with Crippen molar-refractivity contribution in [1.29, 1.82) is 0 Å². The van der Waals surface area contributed by atoms with Gasteiger partial charge in [0.05, 0.1) is 18.1 Å². The van der Waals surface area contributed by atoms with Gasteiger partial charge in [-0.1, -0.05) is 50.0 Å². The molecule has 0 aromatic rings. The first kappa shape index (κ1) is 53.1. The van der Waals surface area contributed by atoms with E-state index in [0.717, 1.165) is 38.9 Å². The summed E-state index contributed by atoms with van der Waals surface area (Å²) in [7, 11) is 10.1. The van der Waals surface area contributed by atoms with Crippen LogP contribution in [0.5, 0.6) is 0 Å². The van der Waals surface area contributed by atoms with E-state index < -0.39 is 30.4 Å². The summed E-state index contributed by atoms with van der Waals surface area (Å²) in [5.74, 6) is -0.907. The molecule has 0 rings (SSSR count). The number of hydrogen-bond acceptors (Lipinski definition) is 10. The van der Waals surface area contributed by atoms with Crippen molar-refractivity contribution in [3.05, 3.63) is 0 Å². The van der Waals surface area contributed by atoms with Gasteiger partial charge in [0, 0.05) is 49.5 Å². The van der Waals surface area contributed by atoms with Gasteiger partial charge in [0.1, 0.15) is 4.32 Å². The van der Waals surface area contributed by atoms with Crippen LogP contribution in [-0.4, -0.2) is 164 Å². The number of sulfone groups is 1. The maximum absolute atomic E-state index is 14.3. The summed E-state index contributed by atoms with van der Waals surface area (Å²) in [5.41, 5.74) is -3.39. The molecule has 0 aliphatic carbocycles. The number of unbranched alkanes of at least 4 members (excludes halogenated alkanes) is 2. The minimum Gasteiger partial charge on any atom is -0.384 e. The van der Waals surface area contributed by atoms with E-state index in [0.29, 0.717) is 45.4 Å².